The van der Waals surface area contributed by atoms with Gasteiger partial charge in [0, 0.05) is 17.4 Å². The Morgan fingerprint density at radius 1 is 1.26 bits per heavy atom. The first-order valence-electron chi connectivity index (χ1n) is 8.09. The molecule has 0 radical (unpaired) electrons. The summed E-state index contributed by atoms with van der Waals surface area (Å²) in [5, 5.41) is 7.93. The summed E-state index contributed by atoms with van der Waals surface area (Å²) in [6.07, 6.45) is -3.59. The van der Waals surface area contributed by atoms with Crippen LogP contribution in [0.3, 0.4) is 0 Å². The van der Waals surface area contributed by atoms with Crippen LogP contribution in [0.15, 0.2) is 32.0 Å². The van der Waals surface area contributed by atoms with E-state index in [1.807, 2.05) is 13.8 Å². The van der Waals surface area contributed by atoms with Gasteiger partial charge in [-0.1, -0.05) is 13.8 Å². The van der Waals surface area contributed by atoms with E-state index < -0.39 is 27.3 Å². The van der Waals surface area contributed by atoms with Gasteiger partial charge in [-0.3, -0.25) is 0 Å². The van der Waals surface area contributed by atoms with Crippen molar-refractivity contribution in [2.75, 3.05) is 7.05 Å². The number of sulfonamides is 1. The first-order chi connectivity index (χ1) is 12.4. The van der Waals surface area contributed by atoms with E-state index >= 15 is 0 Å². The molecule has 0 bridgehead atoms. The minimum absolute atomic E-state index is 0.00646. The summed E-state index contributed by atoms with van der Waals surface area (Å²) in [4.78, 5) is -0.257. The molecule has 0 unspecified atom stereocenters. The molecule has 0 saturated heterocycles. The molecule has 0 amide bonds. The molecule has 3 rings (SSSR count). The lowest BCUT2D eigenvalue weighted by atomic mass is 10.2. The average Bonchev–Trinajstić information content (AvgIpc) is 3.21. The van der Waals surface area contributed by atoms with Crippen molar-refractivity contribution >= 4 is 26.0 Å². The maximum Gasteiger partial charge on any atom is 0.416 e. The summed E-state index contributed by atoms with van der Waals surface area (Å²) in [5.41, 5.74) is -1.91. The molecular formula is C16H17BrF3N3O3S. The fourth-order valence-electron chi connectivity index (χ4n) is 2.70. The zero-order valence-electron chi connectivity index (χ0n) is 14.7. The van der Waals surface area contributed by atoms with Crippen LogP contribution in [0.25, 0.3) is 0 Å². The van der Waals surface area contributed by atoms with Crippen LogP contribution in [-0.4, -0.2) is 30.0 Å². The van der Waals surface area contributed by atoms with Crippen LogP contribution in [0.4, 0.5) is 13.2 Å². The molecule has 1 saturated carbocycles. The maximum absolute atomic E-state index is 13.0. The quantitative estimate of drug-likeness (QED) is 0.655. The Balaban J connectivity index is 1.97. The molecule has 0 atom stereocenters. The summed E-state index contributed by atoms with van der Waals surface area (Å²) in [5.74, 6) is 0.589. The fraction of sp³-hybridized carbons (Fsp3) is 0.500. The van der Waals surface area contributed by atoms with Crippen LogP contribution in [0.5, 0.6) is 0 Å². The Morgan fingerprint density at radius 2 is 1.89 bits per heavy atom. The van der Waals surface area contributed by atoms with Gasteiger partial charge in [0.05, 0.1) is 10.5 Å². The predicted octanol–water partition coefficient (Wildman–Crippen LogP) is 4.28. The SMILES string of the molecule is CC(C)c1nnc(C2(N(C)S(=O)(=O)c3ccc(C(F)(F)F)cc3Br)CC2)o1. The van der Waals surface area contributed by atoms with Crippen LogP contribution in [0, 0.1) is 0 Å². The molecule has 11 heteroatoms. The molecule has 1 aromatic carbocycles. The zero-order chi connectivity index (χ0) is 20.2. The zero-order valence-corrected chi connectivity index (χ0v) is 17.1. The van der Waals surface area contributed by atoms with Gasteiger partial charge >= 0.3 is 6.18 Å². The van der Waals surface area contributed by atoms with Gasteiger partial charge in [0.1, 0.15) is 5.54 Å². The lowest BCUT2D eigenvalue weighted by Gasteiger charge is -2.25. The molecule has 1 aliphatic carbocycles. The molecule has 1 heterocycles. The van der Waals surface area contributed by atoms with Gasteiger partial charge in [0.2, 0.25) is 21.8 Å². The largest absolute Gasteiger partial charge is 0.423 e. The van der Waals surface area contributed by atoms with Crippen molar-refractivity contribution in [3.05, 3.63) is 40.0 Å². The molecule has 1 aromatic heterocycles. The van der Waals surface area contributed by atoms with Crippen LogP contribution < -0.4 is 0 Å². The third kappa shape index (κ3) is 3.52. The van der Waals surface area contributed by atoms with Gasteiger partial charge in [-0.15, -0.1) is 10.2 Å². The third-order valence-electron chi connectivity index (χ3n) is 4.56. The third-order valence-corrected chi connectivity index (χ3v) is 7.46. The number of nitrogens with zero attached hydrogens (tertiary/aromatic N) is 3. The monoisotopic (exact) mass is 467 g/mol. The molecule has 1 aliphatic rings. The lowest BCUT2D eigenvalue weighted by Crippen LogP contribution is -2.37. The summed E-state index contributed by atoms with van der Waals surface area (Å²) >= 11 is 2.95. The van der Waals surface area contributed by atoms with Crippen molar-refractivity contribution in [2.45, 2.75) is 49.2 Å². The Bertz CT molecular complexity index is 969. The molecule has 27 heavy (non-hydrogen) atoms. The number of aromatic nitrogens is 2. The van der Waals surface area contributed by atoms with Crippen molar-refractivity contribution in [3.63, 3.8) is 0 Å². The smallest absolute Gasteiger partial charge is 0.416 e. The van der Waals surface area contributed by atoms with Gasteiger partial charge in [0.15, 0.2) is 0 Å². The minimum Gasteiger partial charge on any atom is -0.423 e. The summed E-state index contributed by atoms with van der Waals surface area (Å²) < 4.78 is 71.2. The average molecular weight is 468 g/mol. The lowest BCUT2D eigenvalue weighted by molar-refractivity contribution is -0.137. The highest BCUT2D eigenvalue weighted by atomic mass is 79.9. The Kier molecular flexibility index (Phi) is 4.92. The number of rotatable bonds is 5. The molecule has 0 spiro atoms. The second-order valence-electron chi connectivity index (χ2n) is 6.75. The number of hydrogen-bond donors (Lipinski definition) is 0. The second-order valence-corrected chi connectivity index (χ2v) is 9.54. The predicted molar refractivity (Wildman–Crippen MR) is 93.4 cm³/mol. The summed E-state index contributed by atoms with van der Waals surface area (Å²) in [6.45, 7) is 3.74. The Hall–Kier alpha value is -1.46. The summed E-state index contributed by atoms with van der Waals surface area (Å²) in [7, 11) is -2.73. The van der Waals surface area contributed by atoms with E-state index in [0.29, 0.717) is 18.7 Å². The number of hydrogen-bond acceptors (Lipinski definition) is 5. The van der Waals surface area contributed by atoms with E-state index in [9.17, 15) is 21.6 Å². The van der Waals surface area contributed by atoms with Crippen LogP contribution >= 0.6 is 15.9 Å². The van der Waals surface area contributed by atoms with E-state index in [2.05, 4.69) is 26.1 Å². The van der Waals surface area contributed by atoms with Crippen molar-refractivity contribution in [1.82, 2.24) is 14.5 Å². The van der Waals surface area contributed by atoms with E-state index in [-0.39, 0.29) is 21.2 Å². The first kappa shape index (κ1) is 20.3. The van der Waals surface area contributed by atoms with E-state index in [1.54, 1.807) is 0 Å². The normalized spacial score (nSPS) is 16.9. The van der Waals surface area contributed by atoms with Crippen molar-refractivity contribution in [3.8, 4) is 0 Å². The maximum atomic E-state index is 13.0. The summed E-state index contributed by atoms with van der Waals surface area (Å²) in [6, 6.07) is 2.45. The van der Waals surface area contributed by atoms with E-state index in [0.717, 1.165) is 22.5 Å². The van der Waals surface area contributed by atoms with E-state index in [1.165, 1.54) is 7.05 Å². The van der Waals surface area contributed by atoms with Gasteiger partial charge in [0.25, 0.3) is 0 Å². The van der Waals surface area contributed by atoms with Gasteiger partial charge in [-0.2, -0.15) is 17.5 Å². The van der Waals surface area contributed by atoms with Crippen molar-refractivity contribution in [2.24, 2.45) is 0 Å². The molecule has 1 fully saturated rings. The molecule has 0 N–H and O–H groups in total. The van der Waals surface area contributed by atoms with Crippen LogP contribution in [0.1, 0.15) is 50.0 Å². The van der Waals surface area contributed by atoms with E-state index in [4.69, 9.17) is 4.42 Å². The van der Waals surface area contributed by atoms with Crippen LogP contribution in [0.2, 0.25) is 0 Å². The van der Waals surface area contributed by atoms with Crippen LogP contribution in [-0.2, 0) is 21.7 Å². The highest BCUT2D eigenvalue weighted by Crippen LogP contribution is 2.52. The molecule has 6 nitrogen and oxygen atoms in total. The standard InChI is InChI=1S/C16H17BrF3N3O3S/c1-9(2)13-21-22-14(26-13)15(6-7-15)23(3)27(24,25)12-5-4-10(8-11(12)17)16(18,19)20/h4-5,8-9H,6-7H2,1-3H3. The number of benzene rings is 1. The molecule has 0 aliphatic heterocycles. The molecule has 148 valence electrons. The van der Waals surface area contributed by atoms with Crippen molar-refractivity contribution < 1.29 is 26.0 Å². The highest BCUT2D eigenvalue weighted by Gasteiger charge is 2.57. The molecule has 2 aromatic rings. The molecular weight excluding hydrogens is 451 g/mol. The number of halogens is 4. The Labute approximate surface area is 162 Å². The van der Waals surface area contributed by atoms with Gasteiger partial charge in [-0.05, 0) is 47.0 Å². The first-order valence-corrected chi connectivity index (χ1v) is 10.3. The Morgan fingerprint density at radius 3 is 2.33 bits per heavy atom. The van der Waals surface area contributed by atoms with Gasteiger partial charge < -0.3 is 4.42 Å². The highest BCUT2D eigenvalue weighted by molar-refractivity contribution is 9.10. The number of alkyl halides is 3. The van der Waals surface area contributed by atoms with Gasteiger partial charge in [-0.25, -0.2) is 8.42 Å². The minimum atomic E-state index is -4.56. The van der Waals surface area contributed by atoms with Crippen molar-refractivity contribution in [1.29, 1.82) is 0 Å². The second kappa shape index (κ2) is 6.56. The topological polar surface area (TPSA) is 76.3 Å². The fourth-order valence-corrected chi connectivity index (χ4v) is 5.26.